The Kier molecular flexibility index (Phi) is 3.67. The van der Waals surface area contributed by atoms with Crippen LogP contribution < -0.4 is 15.2 Å². The number of ether oxygens (including phenoxy) is 2. The Morgan fingerprint density at radius 1 is 1.05 bits per heavy atom. The minimum Gasteiger partial charge on any atom is -0.496 e. The number of methoxy groups -OCH3 is 2. The third kappa shape index (κ3) is 2.82. The van der Waals surface area contributed by atoms with Gasteiger partial charge in [-0.25, -0.2) is 0 Å². The fourth-order valence-electron chi connectivity index (χ4n) is 2.40. The van der Waals surface area contributed by atoms with Crippen LogP contribution in [0.25, 0.3) is 10.8 Å². The van der Waals surface area contributed by atoms with Gasteiger partial charge in [0, 0.05) is 21.9 Å². The molecule has 2 aromatic rings. The first kappa shape index (κ1) is 13.7. The number of fused-ring (bicyclic) bond motifs is 1. The monoisotopic (exact) mass is 259 g/mol. The second-order valence-electron chi connectivity index (χ2n) is 5.48. The smallest absolute Gasteiger partial charge is 0.130 e. The Morgan fingerprint density at radius 2 is 1.68 bits per heavy atom. The molecule has 0 amide bonds. The van der Waals surface area contributed by atoms with E-state index in [0.29, 0.717) is 0 Å². The summed E-state index contributed by atoms with van der Waals surface area (Å²) in [5.41, 5.74) is 6.91. The Balaban J connectivity index is 2.70. The van der Waals surface area contributed by atoms with E-state index >= 15 is 0 Å². The van der Waals surface area contributed by atoms with Gasteiger partial charge in [-0.2, -0.15) is 0 Å². The molecule has 3 nitrogen and oxygen atoms in total. The quantitative estimate of drug-likeness (QED) is 0.917. The molecule has 0 aliphatic carbocycles. The predicted octanol–water partition coefficient (Wildman–Crippen LogP) is 3.14. The molecule has 0 atom stereocenters. The Labute approximate surface area is 114 Å². The second-order valence-corrected chi connectivity index (χ2v) is 5.48. The molecular formula is C16H21NO2. The molecule has 2 aromatic carbocycles. The van der Waals surface area contributed by atoms with Gasteiger partial charge in [0.2, 0.25) is 0 Å². The zero-order valence-electron chi connectivity index (χ0n) is 12.0. The van der Waals surface area contributed by atoms with E-state index in [1.807, 2.05) is 44.2 Å². The van der Waals surface area contributed by atoms with Gasteiger partial charge in [-0.3, -0.25) is 0 Å². The molecule has 102 valence electrons. The SMILES string of the molecule is COc1cc(CC(C)(C)N)c(OC)c2ccccc12. The summed E-state index contributed by atoms with van der Waals surface area (Å²) in [7, 11) is 3.38. The van der Waals surface area contributed by atoms with E-state index in [1.165, 1.54) is 0 Å². The lowest BCUT2D eigenvalue weighted by Gasteiger charge is -2.22. The number of hydrogen-bond donors (Lipinski definition) is 1. The van der Waals surface area contributed by atoms with Gasteiger partial charge < -0.3 is 15.2 Å². The van der Waals surface area contributed by atoms with Crippen LogP contribution in [0, 0.1) is 0 Å². The highest BCUT2D eigenvalue weighted by Crippen LogP contribution is 2.37. The van der Waals surface area contributed by atoms with Gasteiger partial charge >= 0.3 is 0 Å². The highest BCUT2D eigenvalue weighted by molar-refractivity contribution is 5.94. The Hall–Kier alpha value is -1.74. The number of hydrogen-bond acceptors (Lipinski definition) is 3. The van der Waals surface area contributed by atoms with Gasteiger partial charge in [0.05, 0.1) is 14.2 Å². The summed E-state index contributed by atoms with van der Waals surface area (Å²) in [5, 5.41) is 2.11. The van der Waals surface area contributed by atoms with Gasteiger partial charge in [0.1, 0.15) is 11.5 Å². The van der Waals surface area contributed by atoms with Gasteiger partial charge in [0.25, 0.3) is 0 Å². The zero-order chi connectivity index (χ0) is 14.0. The van der Waals surface area contributed by atoms with E-state index in [1.54, 1.807) is 14.2 Å². The molecule has 0 saturated carbocycles. The molecule has 0 aromatic heterocycles. The maximum absolute atomic E-state index is 6.13. The molecule has 0 aliphatic heterocycles. The number of benzene rings is 2. The van der Waals surface area contributed by atoms with Crippen LogP contribution in [0.15, 0.2) is 30.3 Å². The van der Waals surface area contributed by atoms with E-state index in [2.05, 4.69) is 0 Å². The van der Waals surface area contributed by atoms with Crippen molar-refractivity contribution in [2.75, 3.05) is 14.2 Å². The molecule has 0 unspecified atom stereocenters. The molecule has 0 radical (unpaired) electrons. The van der Waals surface area contributed by atoms with E-state index in [9.17, 15) is 0 Å². The number of rotatable bonds is 4. The van der Waals surface area contributed by atoms with Crippen LogP contribution in [0.3, 0.4) is 0 Å². The van der Waals surface area contributed by atoms with Crippen LogP contribution in [0.2, 0.25) is 0 Å². The van der Waals surface area contributed by atoms with Crippen molar-refractivity contribution < 1.29 is 9.47 Å². The molecule has 2 N–H and O–H groups in total. The first-order chi connectivity index (χ1) is 8.96. The van der Waals surface area contributed by atoms with Crippen molar-refractivity contribution in [2.24, 2.45) is 5.73 Å². The van der Waals surface area contributed by atoms with Crippen LogP contribution >= 0.6 is 0 Å². The topological polar surface area (TPSA) is 44.5 Å². The van der Waals surface area contributed by atoms with Gasteiger partial charge in [0.15, 0.2) is 0 Å². The molecule has 19 heavy (non-hydrogen) atoms. The summed E-state index contributed by atoms with van der Waals surface area (Å²) in [5.74, 6) is 1.74. The minimum atomic E-state index is -0.291. The molecule has 0 spiro atoms. The molecule has 0 bridgehead atoms. The fourth-order valence-corrected chi connectivity index (χ4v) is 2.40. The van der Waals surface area contributed by atoms with Gasteiger partial charge in [-0.1, -0.05) is 24.3 Å². The van der Waals surface area contributed by atoms with Crippen LogP contribution in [0.4, 0.5) is 0 Å². The summed E-state index contributed by atoms with van der Waals surface area (Å²) in [6.45, 7) is 4.02. The number of nitrogens with two attached hydrogens (primary N) is 1. The van der Waals surface area contributed by atoms with E-state index < -0.39 is 0 Å². The van der Waals surface area contributed by atoms with Crippen molar-refractivity contribution in [3.8, 4) is 11.5 Å². The lowest BCUT2D eigenvalue weighted by molar-refractivity contribution is 0.399. The van der Waals surface area contributed by atoms with E-state index in [4.69, 9.17) is 15.2 Å². The highest BCUT2D eigenvalue weighted by Gasteiger charge is 2.19. The molecule has 0 heterocycles. The molecule has 2 rings (SSSR count). The molecule has 0 saturated heterocycles. The van der Waals surface area contributed by atoms with Crippen LogP contribution in [-0.2, 0) is 6.42 Å². The maximum atomic E-state index is 6.13. The molecular weight excluding hydrogens is 238 g/mol. The average Bonchev–Trinajstić information content (AvgIpc) is 2.36. The highest BCUT2D eigenvalue weighted by atomic mass is 16.5. The normalized spacial score (nSPS) is 11.6. The lowest BCUT2D eigenvalue weighted by atomic mass is 9.93. The predicted molar refractivity (Wildman–Crippen MR) is 79.0 cm³/mol. The molecule has 0 aliphatic rings. The van der Waals surface area contributed by atoms with Crippen molar-refractivity contribution in [3.63, 3.8) is 0 Å². The summed E-state index contributed by atoms with van der Waals surface area (Å²) in [4.78, 5) is 0. The van der Waals surface area contributed by atoms with Crippen molar-refractivity contribution >= 4 is 10.8 Å². The fraction of sp³-hybridized carbons (Fsp3) is 0.375. The standard InChI is InChI=1S/C16H21NO2/c1-16(2,17)10-11-9-14(18-3)12-7-5-6-8-13(12)15(11)19-4/h5-9H,10,17H2,1-4H3. The van der Waals surface area contributed by atoms with Crippen LogP contribution in [0.5, 0.6) is 11.5 Å². The van der Waals surface area contributed by atoms with Gasteiger partial charge in [-0.15, -0.1) is 0 Å². The third-order valence-electron chi connectivity index (χ3n) is 3.10. The van der Waals surface area contributed by atoms with Crippen molar-refractivity contribution in [1.82, 2.24) is 0 Å². The summed E-state index contributed by atoms with van der Waals surface area (Å²) in [6, 6.07) is 10.1. The summed E-state index contributed by atoms with van der Waals surface area (Å²) in [6.07, 6.45) is 0.733. The van der Waals surface area contributed by atoms with E-state index in [0.717, 1.165) is 34.3 Å². The van der Waals surface area contributed by atoms with Gasteiger partial charge in [-0.05, 0) is 26.3 Å². The summed E-state index contributed by atoms with van der Waals surface area (Å²) >= 11 is 0. The average molecular weight is 259 g/mol. The zero-order valence-corrected chi connectivity index (χ0v) is 12.0. The lowest BCUT2D eigenvalue weighted by Crippen LogP contribution is -2.34. The maximum Gasteiger partial charge on any atom is 0.130 e. The van der Waals surface area contributed by atoms with Crippen LogP contribution in [-0.4, -0.2) is 19.8 Å². The molecule has 3 heteroatoms. The van der Waals surface area contributed by atoms with Crippen molar-refractivity contribution in [1.29, 1.82) is 0 Å². The first-order valence-electron chi connectivity index (χ1n) is 6.38. The summed E-state index contributed by atoms with van der Waals surface area (Å²) < 4.78 is 11.1. The second kappa shape index (κ2) is 5.10. The first-order valence-corrected chi connectivity index (χ1v) is 6.38. The third-order valence-corrected chi connectivity index (χ3v) is 3.10. The van der Waals surface area contributed by atoms with Crippen LogP contribution in [0.1, 0.15) is 19.4 Å². The largest absolute Gasteiger partial charge is 0.496 e. The Morgan fingerprint density at radius 3 is 2.21 bits per heavy atom. The van der Waals surface area contributed by atoms with Crippen molar-refractivity contribution in [3.05, 3.63) is 35.9 Å². The molecule has 0 fully saturated rings. The van der Waals surface area contributed by atoms with E-state index in [-0.39, 0.29) is 5.54 Å². The van der Waals surface area contributed by atoms with Crippen molar-refractivity contribution in [2.45, 2.75) is 25.8 Å². The minimum absolute atomic E-state index is 0.291. The Bertz CT molecular complexity index is 585.